The molecule has 0 aromatic carbocycles. The first-order chi connectivity index (χ1) is 5.35. The molecule has 0 aliphatic carbocycles. The monoisotopic (exact) mass is 167 g/mol. The molecule has 1 atom stereocenters. The first kappa shape index (κ1) is 9.23. The summed E-state index contributed by atoms with van der Waals surface area (Å²) in [6.45, 7) is 8.60. The summed E-state index contributed by atoms with van der Waals surface area (Å²) in [5.41, 5.74) is -0.0478. The lowest BCUT2D eigenvalue weighted by Gasteiger charge is -2.37. The molecule has 0 aromatic heterocycles. The molecule has 1 unspecified atom stereocenters. The Morgan fingerprint density at radius 3 is 2.25 bits per heavy atom. The van der Waals surface area contributed by atoms with E-state index in [0.717, 1.165) is 0 Å². The van der Waals surface area contributed by atoms with Crippen LogP contribution in [0.15, 0.2) is 10.1 Å². The first-order valence-electron chi connectivity index (χ1n) is 4.18. The van der Waals surface area contributed by atoms with Crippen LogP contribution in [0.3, 0.4) is 0 Å². The number of nitrogens with zero attached hydrogens (tertiary/aromatic N) is 3. The van der Waals surface area contributed by atoms with Gasteiger partial charge in [0.25, 0.3) is 0 Å². The highest BCUT2D eigenvalue weighted by Gasteiger charge is 2.36. The summed E-state index contributed by atoms with van der Waals surface area (Å²) in [4.78, 5) is 4.47. The van der Waals surface area contributed by atoms with Gasteiger partial charge in [0.05, 0.1) is 6.21 Å². The lowest BCUT2D eigenvalue weighted by atomic mass is 9.76. The Labute approximate surface area is 74.2 Å². The van der Waals surface area contributed by atoms with E-state index in [1.165, 1.54) is 0 Å². The van der Waals surface area contributed by atoms with Crippen molar-refractivity contribution < 1.29 is 0 Å². The standard InChI is InChI=1S/C9H17N3/c1-8(2,3)9(4)6-11-12(5)7-10-9/h6-7H,1-5H3. The van der Waals surface area contributed by atoms with Crippen LogP contribution < -0.4 is 0 Å². The van der Waals surface area contributed by atoms with E-state index in [1.54, 1.807) is 11.3 Å². The topological polar surface area (TPSA) is 28.0 Å². The smallest absolute Gasteiger partial charge is 0.107 e. The molecule has 0 aromatic rings. The average molecular weight is 167 g/mol. The first-order valence-corrected chi connectivity index (χ1v) is 4.18. The van der Waals surface area contributed by atoms with Crippen molar-refractivity contribution in [3.8, 4) is 0 Å². The zero-order valence-corrected chi connectivity index (χ0v) is 8.50. The van der Waals surface area contributed by atoms with Gasteiger partial charge in [-0.3, -0.25) is 10.0 Å². The largest absolute Gasteiger partial charge is 0.261 e. The summed E-state index contributed by atoms with van der Waals surface area (Å²) in [5.74, 6) is 0. The number of aliphatic imine (C=N–C) groups is 1. The van der Waals surface area contributed by atoms with Gasteiger partial charge < -0.3 is 0 Å². The average Bonchev–Trinajstić information content (AvgIpc) is 1.93. The maximum absolute atomic E-state index is 4.47. The second-order valence-electron chi connectivity index (χ2n) is 4.46. The Morgan fingerprint density at radius 1 is 1.33 bits per heavy atom. The molecule has 0 N–H and O–H groups in total. The maximum Gasteiger partial charge on any atom is 0.107 e. The highest BCUT2D eigenvalue weighted by molar-refractivity contribution is 5.77. The van der Waals surface area contributed by atoms with Gasteiger partial charge in [0, 0.05) is 7.05 Å². The highest BCUT2D eigenvalue weighted by atomic mass is 15.5. The van der Waals surface area contributed by atoms with Crippen LogP contribution >= 0.6 is 0 Å². The fourth-order valence-corrected chi connectivity index (χ4v) is 0.857. The van der Waals surface area contributed by atoms with E-state index < -0.39 is 0 Å². The third kappa shape index (κ3) is 1.49. The van der Waals surface area contributed by atoms with Crippen molar-refractivity contribution in [1.29, 1.82) is 0 Å². The van der Waals surface area contributed by atoms with Crippen molar-refractivity contribution >= 4 is 12.6 Å². The summed E-state index contributed by atoms with van der Waals surface area (Å²) in [6.07, 6.45) is 3.68. The van der Waals surface area contributed by atoms with Gasteiger partial charge in [0.2, 0.25) is 0 Å². The second-order valence-corrected chi connectivity index (χ2v) is 4.46. The molecule has 3 nitrogen and oxygen atoms in total. The Morgan fingerprint density at radius 2 is 1.92 bits per heavy atom. The summed E-state index contributed by atoms with van der Waals surface area (Å²) in [5, 5.41) is 5.92. The van der Waals surface area contributed by atoms with E-state index in [9.17, 15) is 0 Å². The quantitative estimate of drug-likeness (QED) is 0.540. The van der Waals surface area contributed by atoms with Gasteiger partial charge in [-0.1, -0.05) is 20.8 Å². The Balaban J connectivity index is 2.89. The summed E-state index contributed by atoms with van der Waals surface area (Å²) in [7, 11) is 1.88. The molecular weight excluding hydrogens is 150 g/mol. The van der Waals surface area contributed by atoms with Crippen LogP contribution in [-0.4, -0.2) is 30.1 Å². The van der Waals surface area contributed by atoms with E-state index in [4.69, 9.17) is 0 Å². The van der Waals surface area contributed by atoms with Crippen LogP contribution in [-0.2, 0) is 0 Å². The van der Waals surface area contributed by atoms with Gasteiger partial charge in [-0.05, 0) is 12.3 Å². The molecule has 3 heteroatoms. The zero-order chi connectivity index (χ0) is 9.41. The van der Waals surface area contributed by atoms with Gasteiger partial charge in [0.15, 0.2) is 0 Å². The lowest BCUT2D eigenvalue weighted by Crippen LogP contribution is -2.42. The molecule has 0 saturated heterocycles. The van der Waals surface area contributed by atoms with Crippen molar-refractivity contribution in [2.75, 3.05) is 7.05 Å². The number of rotatable bonds is 0. The van der Waals surface area contributed by atoms with Crippen LogP contribution in [0.4, 0.5) is 0 Å². The van der Waals surface area contributed by atoms with Gasteiger partial charge in [-0.2, -0.15) is 5.10 Å². The number of hydrogen-bond donors (Lipinski definition) is 0. The van der Waals surface area contributed by atoms with Gasteiger partial charge >= 0.3 is 0 Å². The molecule has 0 spiro atoms. The summed E-state index contributed by atoms with van der Waals surface area (Å²) < 4.78 is 0. The predicted molar refractivity (Wildman–Crippen MR) is 52.6 cm³/mol. The SMILES string of the molecule is CN1C=NC(C)(C(C)(C)C)C=N1. The van der Waals surface area contributed by atoms with E-state index in [1.807, 2.05) is 13.3 Å². The third-order valence-electron chi connectivity index (χ3n) is 2.50. The molecule has 0 amide bonds. The maximum atomic E-state index is 4.47. The Bertz CT molecular complexity index is 208. The molecule has 1 aliphatic rings. The van der Waals surface area contributed by atoms with Crippen molar-refractivity contribution in [2.45, 2.75) is 33.2 Å². The van der Waals surface area contributed by atoms with Crippen LogP contribution in [0.2, 0.25) is 0 Å². The normalized spacial score (nSPS) is 29.6. The molecule has 0 fully saturated rings. The predicted octanol–water partition coefficient (Wildman–Crippen LogP) is 1.75. The fraction of sp³-hybridized carbons (Fsp3) is 0.778. The van der Waals surface area contributed by atoms with Crippen molar-refractivity contribution in [3.63, 3.8) is 0 Å². The zero-order valence-electron chi connectivity index (χ0n) is 8.50. The van der Waals surface area contributed by atoms with Crippen LogP contribution in [0.5, 0.6) is 0 Å². The van der Waals surface area contributed by atoms with Crippen molar-refractivity contribution in [3.05, 3.63) is 0 Å². The molecule has 1 aliphatic heterocycles. The van der Waals surface area contributed by atoms with Crippen LogP contribution in [0, 0.1) is 5.41 Å². The molecule has 0 radical (unpaired) electrons. The minimum Gasteiger partial charge on any atom is -0.261 e. The van der Waals surface area contributed by atoms with Crippen LogP contribution in [0.1, 0.15) is 27.7 Å². The van der Waals surface area contributed by atoms with E-state index in [-0.39, 0.29) is 11.0 Å². The third-order valence-corrected chi connectivity index (χ3v) is 2.50. The Kier molecular flexibility index (Phi) is 1.98. The molecule has 1 heterocycles. The molecular formula is C9H17N3. The molecule has 12 heavy (non-hydrogen) atoms. The van der Waals surface area contributed by atoms with Gasteiger partial charge in [0.1, 0.15) is 11.9 Å². The summed E-state index contributed by atoms with van der Waals surface area (Å²) >= 11 is 0. The fourth-order valence-electron chi connectivity index (χ4n) is 0.857. The van der Waals surface area contributed by atoms with E-state index in [0.29, 0.717) is 0 Å². The summed E-state index contributed by atoms with van der Waals surface area (Å²) in [6, 6.07) is 0. The molecule has 0 bridgehead atoms. The van der Waals surface area contributed by atoms with Crippen molar-refractivity contribution in [1.82, 2.24) is 5.01 Å². The van der Waals surface area contributed by atoms with Crippen molar-refractivity contribution in [2.24, 2.45) is 15.5 Å². The number of hydrogen-bond acceptors (Lipinski definition) is 3. The van der Waals surface area contributed by atoms with Crippen LogP contribution in [0.25, 0.3) is 0 Å². The molecule has 0 saturated carbocycles. The minimum atomic E-state index is -0.167. The molecule has 1 rings (SSSR count). The molecule has 68 valence electrons. The Hall–Kier alpha value is -0.860. The van der Waals surface area contributed by atoms with E-state index in [2.05, 4.69) is 37.8 Å². The van der Waals surface area contributed by atoms with Gasteiger partial charge in [-0.25, -0.2) is 0 Å². The van der Waals surface area contributed by atoms with E-state index >= 15 is 0 Å². The van der Waals surface area contributed by atoms with Gasteiger partial charge in [-0.15, -0.1) is 0 Å². The lowest BCUT2D eigenvalue weighted by molar-refractivity contribution is 0.280. The minimum absolute atomic E-state index is 0.119. The highest BCUT2D eigenvalue weighted by Crippen LogP contribution is 2.32. The second kappa shape index (κ2) is 2.57. The number of hydrazone groups is 1.